The number of piperidine rings is 1. The van der Waals surface area contributed by atoms with E-state index in [1.165, 1.54) is 14.2 Å². The largest absolute Gasteiger partial charge is 0.460 e. The number of allylic oxidation sites excluding steroid dienone is 6. The molecular formula is C56H87N3O17S. The van der Waals surface area contributed by atoms with E-state index >= 15 is 0 Å². The van der Waals surface area contributed by atoms with Gasteiger partial charge in [-0.2, -0.15) is 12.7 Å². The first-order valence-corrected chi connectivity index (χ1v) is 28.9. The number of cyclic esters (lactones) is 1. The van der Waals surface area contributed by atoms with E-state index in [1.54, 1.807) is 40.9 Å². The van der Waals surface area contributed by atoms with Gasteiger partial charge in [0, 0.05) is 71.6 Å². The number of esters is 1. The number of aliphatic hydroxyl groups excluding tert-OH is 2. The van der Waals surface area contributed by atoms with Crippen LogP contribution in [0.25, 0.3) is 0 Å². The fourth-order valence-electron chi connectivity index (χ4n) is 11.5. The van der Waals surface area contributed by atoms with Crippen molar-refractivity contribution < 1.29 is 80.9 Å². The minimum atomic E-state index is -4.26. The first-order chi connectivity index (χ1) is 36.3. The number of aliphatic hydroxyl groups is 3. The summed E-state index contributed by atoms with van der Waals surface area (Å²) in [4.78, 5) is 85.5. The predicted octanol–water partition coefficient (Wildman–Crippen LogP) is 5.23. The van der Waals surface area contributed by atoms with E-state index < -0.39 is 118 Å². The van der Waals surface area contributed by atoms with Crippen LogP contribution in [0.5, 0.6) is 0 Å². The Kier molecular flexibility index (Phi) is 23.8. The molecule has 434 valence electrons. The molecule has 0 spiro atoms. The molecule has 2 bridgehead atoms. The number of nitrogens with one attached hydrogen (secondary N) is 1. The maximum atomic E-state index is 14.6. The van der Waals surface area contributed by atoms with Crippen molar-refractivity contribution in [1.29, 1.82) is 0 Å². The van der Waals surface area contributed by atoms with Gasteiger partial charge in [-0.3, -0.25) is 19.2 Å². The average molecular weight is 1110 g/mol. The molecule has 5 rings (SSSR count). The lowest BCUT2D eigenvalue weighted by Gasteiger charge is -2.42. The van der Waals surface area contributed by atoms with E-state index in [-0.39, 0.29) is 68.7 Å². The predicted molar refractivity (Wildman–Crippen MR) is 284 cm³/mol. The molecule has 16 atom stereocenters. The Balaban J connectivity index is 1.42. The second-order valence-corrected chi connectivity index (χ2v) is 24.0. The number of β-amino-alcohol motifs (C(OH)–C–C–N with tert-alkyl or cyclic N) is 1. The molecule has 0 radical (unpaired) electrons. The fourth-order valence-corrected chi connectivity index (χ4v) is 12.6. The Morgan fingerprint density at radius 3 is 2.25 bits per heavy atom. The lowest BCUT2D eigenvalue weighted by atomic mass is 9.78. The SMILES string of the molecule is CO[C@H]1C[C@@H]2CC[C@@H](C)[C@@](O)(O2)C(=O)C(=O)N2CCCC[C@H]2C(=O)O[C@H]([C@H](C)C[C@@H]2CC[C@@H](OC(=O)NS(=O)(=O)N3CC[C@@H](O)C3)[C@H](OC)C2)CC(=O)[C@H](C)/C=C(\C)[C@@H](O)[C@@H](OC)C(=O)[C@H](C)C[C@H](C)/C=C/C=C/C=C/1C. The van der Waals surface area contributed by atoms with Crippen LogP contribution in [-0.2, 0) is 62.6 Å². The smallest absolute Gasteiger partial charge is 0.422 e. The monoisotopic (exact) mass is 1110 g/mol. The third kappa shape index (κ3) is 16.9. The molecule has 20 nitrogen and oxygen atoms in total. The van der Waals surface area contributed by atoms with Gasteiger partial charge in [-0.15, -0.1) is 0 Å². The van der Waals surface area contributed by atoms with Crippen molar-refractivity contribution in [2.75, 3.05) is 41.0 Å². The van der Waals surface area contributed by atoms with Crippen LogP contribution in [0.3, 0.4) is 0 Å². The summed E-state index contributed by atoms with van der Waals surface area (Å²) in [6.45, 7) is 12.3. The summed E-state index contributed by atoms with van der Waals surface area (Å²) in [7, 11) is 0.0963. The van der Waals surface area contributed by atoms with Gasteiger partial charge < -0.3 is 48.6 Å². The molecule has 4 fully saturated rings. The van der Waals surface area contributed by atoms with Crippen LogP contribution in [0.15, 0.2) is 47.6 Å². The van der Waals surface area contributed by atoms with Crippen molar-refractivity contribution in [2.45, 2.75) is 193 Å². The number of hydrogen-bond donors (Lipinski definition) is 4. The Labute approximate surface area is 455 Å². The summed E-state index contributed by atoms with van der Waals surface area (Å²) in [6.07, 6.45) is 7.05. The summed E-state index contributed by atoms with van der Waals surface area (Å²) < 4.78 is 63.7. The molecule has 3 saturated heterocycles. The maximum Gasteiger partial charge on any atom is 0.422 e. The highest BCUT2D eigenvalue weighted by atomic mass is 32.2. The lowest BCUT2D eigenvalue weighted by Crippen LogP contribution is -2.61. The zero-order valence-electron chi connectivity index (χ0n) is 46.8. The quantitative estimate of drug-likeness (QED) is 0.131. The second kappa shape index (κ2) is 28.8. The Morgan fingerprint density at radius 2 is 1.58 bits per heavy atom. The molecule has 0 aromatic carbocycles. The first kappa shape index (κ1) is 63.6. The highest BCUT2D eigenvalue weighted by Gasteiger charge is 2.53. The van der Waals surface area contributed by atoms with Crippen LogP contribution in [0, 0.1) is 35.5 Å². The molecule has 77 heavy (non-hydrogen) atoms. The van der Waals surface area contributed by atoms with Crippen molar-refractivity contribution >= 4 is 45.5 Å². The van der Waals surface area contributed by atoms with Crippen molar-refractivity contribution in [1.82, 2.24) is 13.9 Å². The zero-order chi connectivity index (χ0) is 56.9. The normalized spacial score (nSPS) is 38.3. The van der Waals surface area contributed by atoms with Crippen LogP contribution >= 0.6 is 0 Å². The number of methoxy groups -OCH3 is 3. The molecule has 4 N–H and O–H groups in total. The van der Waals surface area contributed by atoms with Gasteiger partial charge in [0.2, 0.25) is 5.79 Å². The van der Waals surface area contributed by atoms with Crippen LogP contribution in [-0.4, -0.2) is 170 Å². The number of hydrogen-bond acceptors (Lipinski definition) is 17. The van der Waals surface area contributed by atoms with Crippen molar-refractivity contribution in [3.63, 3.8) is 0 Å². The summed E-state index contributed by atoms with van der Waals surface area (Å²) >= 11 is 0. The number of Topliss-reactive ketones (excluding diaryl/α,β-unsaturated/α-hetero) is 3. The number of fused-ring (bicyclic) bond motifs is 3. The number of ether oxygens (including phenoxy) is 6. The maximum absolute atomic E-state index is 14.6. The fraction of sp³-hybridized carbons (Fsp3) is 0.750. The zero-order valence-corrected chi connectivity index (χ0v) is 47.6. The summed E-state index contributed by atoms with van der Waals surface area (Å²) in [6, 6.07) is -1.23. The Bertz CT molecular complexity index is 2300. The average Bonchev–Trinajstić information content (AvgIpc) is 3.85. The summed E-state index contributed by atoms with van der Waals surface area (Å²) in [5, 5.41) is 33.4. The summed E-state index contributed by atoms with van der Waals surface area (Å²) in [5.74, 6) is -8.94. The van der Waals surface area contributed by atoms with Crippen molar-refractivity contribution in [2.24, 2.45) is 35.5 Å². The third-order valence-electron chi connectivity index (χ3n) is 16.4. The van der Waals surface area contributed by atoms with Gasteiger partial charge in [0.15, 0.2) is 5.78 Å². The molecule has 1 aliphatic carbocycles. The van der Waals surface area contributed by atoms with Gasteiger partial charge in [0.05, 0.1) is 24.4 Å². The second-order valence-electron chi connectivity index (χ2n) is 22.4. The molecular weight excluding hydrogens is 1020 g/mol. The van der Waals surface area contributed by atoms with Gasteiger partial charge in [-0.1, -0.05) is 71.1 Å². The number of ketones is 3. The van der Waals surface area contributed by atoms with Gasteiger partial charge in [0.1, 0.15) is 36.2 Å². The van der Waals surface area contributed by atoms with Crippen LogP contribution in [0.4, 0.5) is 4.79 Å². The van der Waals surface area contributed by atoms with Gasteiger partial charge in [0.25, 0.3) is 11.7 Å². The molecule has 4 aliphatic heterocycles. The number of carbonyl (C=O) groups is 6. The number of carbonyl (C=O) groups excluding carboxylic acids is 6. The summed E-state index contributed by atoms with van der Waals surface area (Å²) in [5.41, 5.74) is 1.18. The highest BCUT2D eigenvalue weighted by molar-refractivity contribution is 7.87. The Hall–Kier alpha value is -4.19. The molecule has 1 saturated carbocycles. The minimum Gasteiger partial charge on any atom is -0.460 e. The third-order valence-corrected chi connectivity index (χ3v) is 17.8. The number of amides is 2. The Morgan fingerprint density at radius 1 is 0.857 bits per heavy atom. The van der Waals surface area contributed by atoms with Crippen LogP contribution in [0.2, 0.25) is 0 Å². The molecule has 21 heteroatoms. The molecule has 2 amide bonds. The molecule has 0 aromatic heterocycles. The topological polar surface area (TPSA) is 271 Å². The standard InChI is InChI=1S/C56H87N3O17S/c1-33-16-12-11-13-17-34(2)46(71-8)30-42-21-19-39(7)56(68,76-42)52(64)53(65)59-24-15-14-18-43(59)54(66)74-47(31-44(61)35(3)27-38(6)50(63)51(73-10)49(62)37(5)26-33)36(4)28-40-20-22-45(48(29-40)72-9)75-55(67)57-77(69,70)58-25-23-41(60)32-58/h11-13,16-17,27,33,35-37,39-43,45-48,50-51,60,63,68H,14-15,18-26,28-32H2,1-10H3,(H,57,67)/b13-11+,16-12+,34-17+,38-27+/t33-,35-,36-,37-,39-,40+,41-,42+,43+,45-,46+,47+,48-,50-,51+,56-/m1/s1. The van der Waals surface area contributed by atoms with E-state index in [0.717, 1.165) is 14.8 Å². The van der Waals surface area contributed by atoms with E-state index in [4.69, 9.17) is 28.4 Å². The first-order valence-electron chi connectivity index (χ1n) is 27.5. The van der Waals surface area contributed by atoms with Crippen LogP contribution < -0.4 is 4.72 Å². The molecule has 0 unspecified atom stereocenters. The molecule has 4 heterocycles. The van der Waals surface area contributed by atoms with E-state index in [9.17, 15) is 52.5 Å². The van der Waals surface area contributed by atoms with E-state index in [0.29, 0.717) is 63.4 Å². The number of nitrogens with zero attached hydrogens (tertiary/aromatic N) is 2. The van der Waals surface area contributed by atoms with Gasteiger partial charge >= 0.3 is 22.3 Å². The van der Waals surface area contributed by atoms with Crippen LogP contribution in [0.1, 0.15) is 132 Å². The van der Waals surface area contributed by atoms with E-state index in [2.05, 4.69) is 0 Å². The van der Waals surface area contributed by atoms with E-state index in [1.807, 2.05) is 55.9 Å². The molecule has 0 aromatic rings. The molecule has 5 aliphatic rings. The van der Waals surface area contributed by atoms with Gasteiger partial charge in [-0.05, 0) is 113 Å². The van der Waals surface area contributed by atoms with Crippen molar-refractivity contribution in [3.05, 3.63) is 47.6 Å². The van der Waals surface area contributed by atoms with Crippen molar-refractivity contribution in [3.8, 4) is 0 Å². The number of rotatable bonds is 9. The minimum absolute atomic E-state index is 0.0197. The highest BCUT2D eigenvalue weighted by Crippen LogP contribution is 2.38. The lowest BCUT2D eigenvalue weighted by molar-refractivity contribution is -0.265. The van der Waals surface area contributed by atoms with Gasteiger partial charge in [-0.25, -0.2) is 14.3 Å².